The summed E-state index contributed by atoms with van der Waals surface area (Å²) in [5, 5.41) is 2.75. The van der Waals surface area contributed by atoms with Crippen LogP contribution >= 0.6 is 11.3 Å². The molecule has 0 atom stereocenters. The highest BCUT2D eigenvalue weighted by Crippen LogP contribution is 2.32. The summed E-state index contributed by atoms with van der Waals surface area (Å²) in [5.41, 5.74) is 6.34. The molecule has 2 heterocycles. The standard InChI is InChI=1S/C18H21N4O3S/c1-12(16(19)23)17(24)21-18-20-15(13-5-3-2-4-6-13)14(26-18)11-22-7-9-25-10-8-22/h2-6H,7-11H2,1H3,(H2,19,23)(H,20,21,24)/i11D2. The summed E-state index contributed by atoms with van der Waals surface area (Å²) in [7, 11) is 0. The first-order chi connectivity index (χ1) is 13.3. The van der Waals surface area contributed by atoms with Crippen LogP contribution in [-0.4, -0.2) is 48.0 Å². The van der Waals surface area contributed by atoms with Gasteiger partial charge in [0.2, 0.25) is 11.8 Å². The van der Waals surface area contributed by atoms with E-state index in [1.54, 1.807) is 4.90 Å². The quantitative estimate of drug-likeness (QED) is 0.749. The molecule has 0 aliphatic carbocycles. The van der Waals surface area contributed by atoms with Crippen LogP contribution in [0.1, 0.15) is 14.5 Å². The SMILES string of the molecule is [2H]C([2H])(c1sc(NC(=O)[C](C)C(N)=O)nc1-c1ccccc1)N1CCOCC1. The second kappa shape index (κ2) is 8.39. The molecule has 0 bridgehead atoms. The van der Waals surface area contributed by atoms with E-state index < -0.39 is 18.3 Å². The summed E-state index contributed by atoms with van der Waals surface area (Å²) in [6.45, 7) is 1.35. The number of rotatable bonds is 6. The lowest BCUT2D eigenvalue weighted by molar-refractivity contribution is -0.122. The number of anilines is 1. The zero-order valence-electron chi connectivity index (χ0n) is 16.3. The fourth-order valence-electron chi connectivity index (χ4n) is 2.36. The van der Waals surface area contributed by atoms with E-state index in [4.69, 9.17) is 13.2 Å². The van der Waals surface area contributed by atoms with Gasteiger partial charge in [-0.2, -0.15) is 0 Å². The number of carbonyl (C=O) groups is 2. The average Bonchev–Trinajstić information content (AvgIpc) is 3.13. The zero-order chi connectivity index (χ0) is 20.3. The fourth-order valence-corrected chi connectivity index (χ4v) is 3.27. The molecule has 2 amide bonds. The molecule has 0 spiro atoms. The maximum absolute atomic E-state index is 12.2. The van der Waals surface area contributed by atoms with E-state index in [9.17, 15) is 9.59 Å². The van der Waals surface area contributed by atoms with Crippen LogP contribution in [0.5, 0.6) is 0 Å². The minimum atomic E-state index is -1.79. The molecule has 2 aromatic rings. The van der Waals surface area contributed by atoms with Crippen molar-refractivity contribution in [2.45, 2.75) is 13.4 Å². The number of carbonyl (C=O) groups excluding carboxylic acids is 2. The monoisotopic (exact) mass is 375 g/mol. The largest absolute Gasteiger partial charge is 0.379 e. The predicted octanol–water partition coefficient (Wildman–Crippen LogP) is 1.66. The number of aromatic nitrogens is 1. The summed E-state index contributed by atoms with van der Waals surface area (Å²) in [4.78, 5) is 29.9. The van der Waals surface area contributed by atoms with Gasteiger partial charge in [-0.05, 0) is 6.92 Å². The van der Waals surface area contributed by atoms with Crippen molar-refractivity contribution in [2.75, 3.05) is 31.6 Å². The molecular weight excluding hydrogens is 352 g/mol. The molecule has 3 N–H and O–H groups in total. The maximum atomic E-state index is 12.2. The molecule has 1 aromatic carbocycles. The van der Waals surface area contributed by atoms with Gasteiger partial charge >= 0.3 is 0 Å². The Kier molecular flexibility index (Phi) is 5.14. The Morgan fingerprint density at radius 2 is 2.04 bits per heavy atom. The Hall–Kier alpha value is -2.29. The second-order valence-corrected chi connectivity index (χ2v) is 6.72. The third-order valence-electron chi connectivity index (χ3n) is 3.88. The first-order valence-corrected chi connectivity index (χ1v) is 8.96. The number of nitrogens with two attached hydrogens (primary N) is 1. The summed E-state index contributed by atoms with van der Waals surface area (Å²) in [5.74, 6) is -1.62. The van der Waals surface area contributed by atoms with Crippen molar-refractivity contribution in [3.63, 3.8) is 0 Å². The number of thiazole rings is 1. The Balaban J connectivity index is 1.98. The second-order valence-electron chi connectivity index (χ2n) is 5.72. The van der Waals surface area contributed by atoms with Crippen LogP contribution in [0.25, 0.3) is 11.3 Å². The molecule has 0 saturated carbocycles. The van der Waals surface area contributed by atoms with Crippen molar-refractivity contribution in [3.8, 4) is 11.3 Å². The summed E-state index contributed by atoms with van der Waals surface area (Å²) in [6.07, 6.45) is 0. The molecule has 1 aliphatic heterocycles. The van der Waals surface area contributed by atoms with Crippen LogP contribution in [0, 0.1) is 5.92 Å². The van der Waals surface area contributed by atoms with E-state index in [1.807, 2.05) is 30.3 Å². The van der Waals surface area contributed by atoms with Crippen molar-refractivity contribution in [3.05, 3.63) is 41.1 Å². The molecule has 3 rings (SSSR count). The maximum Gasteiger partial charge on any atom is 0.243 e. The van der Waals surface area contributed by atoms with Gasteiger partial charge in [0.15, 0.2) is 5.13 Å². The molecule has 1 saturated heterocycles. The van der Waals surface area contributed by atoms with E-state index in [0.717, 1.165) is 16.9 Å². The van der Waals surface area contributed by atoms with E-state index >= 15 is 0 Å². The van der Waals surface area contributed by atoms with Crippen LogP contribution in [0.4, 0.5) is 5.13 Å². The van der Waals surface area contributed by atoms with Gasteiger partial charge in [0.25, 0.3) is 0 Å². The highest BCUT2D eigenvalue weighted by atomic mass is 32.1. The number of morpholine rings is 1. The zero-order valence-corrected chi connectivity index (χ0v) is 15.1. The number of primary amides is 1. The van der Waals surface area contributed by atoms with Gasteiger partial charge in [-0.3, -0.25) is 14.5 Å². The van der Waals surface area contributed by atoms with Crippen molar-refractivity contribution < 1.29 is 17.1 Å². The highest BCUT2D eigenvalue weighted by Gasteiger charge is 2.23. The smallest absolute Gasteiger partial charge is 0.243 e. The van der Waals surface area contributed by atoms with Crippen LogP contribution in [0.3, 0.4) is 0 Å². The number of nitrogens with zero attached hydrogens (tertiary/aromatic N) is 2. The number of hydrogen-bond acceptors (Lipinski definition) is 6. The molecule has 1 aliphatic rings. The Morgan fingerprint density at radius 1 is 1.35 bits per heavy atom. The third kappa shape index (κ3) is 4.46. The van der Waals surface area contributed by atoms with E-state index in [0.29, 0.717) is 36.9 Å². The Bertz CT molecular complexity index is 854. The average molecular weight is 375 g/mol. The molecule has 0 unspecified atom stereocenters. The first kappa shape index (κ1) is 15.9. The van der Waals surface area contributed by atoms with Crippen molar-refractivity contribution in [2.24, 2.45) is 5.73 Å². The van der Waals surface area contributed by atoms with Crippen LogP contribution in [0.2, 0.25) is 0 Å². The lowest BCUT2D eigenvalue weighted by Crippen LogP contribution is -2.35. The topological polar surface area (TPSA) is 97.5 Å². The van der Waals surface area contributed by atoms with Gasteiger partial charge in [-0.1, -0.05) is 41.7 Å². The molecule has 1 fully saturated rings. The number of nitrogens with one attached hydrogen (secondary N) is 1. The Morgan fingerprint density at radius 3 is 2.69 bits per heavy atom. The molecule has 8 heteroatoms. The third-order valence-corrected chi connectivity index (χ3v) is 4.75. The van der Waals surface area contributed by atoms with Crippen molar-refractivity contribution in [1.82, 2.24) is 9.88 Å². The molecular formula is C18H21N4O3S. The fraction of sp³-hybridized carbons (Fsp3) is 0.333. The van der Waals surface area contributed by atoms with E-state index in [1.165, 1.54) is 6.92 Å². The molecule has 26 heavy (non-hydrogen) atoms. The number of ether oxygens (including phenoxy) is 1. The first-order valence-electron chi connectivity index (χ1n) is 9.15. The van der Waals surface area contributed by atoms with Crippen LogP contribution < -0.4 is 11.1 Å². The predicted molar refractivity (Wildman–Crippen MR) is 100 cm³/mol. The van der Waals surface area contributed by atoms with Crippen molar-refractivity contribution in [1.29, 1.82) is 0 Å². The lowest BCUT2D eigenvalue weighted by atomic mass is 10.1. The number of benzene rings is 1. The minimum absolute atomic E-state index is 0.144. The van der Waals surface area contributed by atoms with Gasteiger partial charge in [0.05, 0.1) is 18.9 Å². The molecule has 1 radical (unpaired) electrons. The van der Waals surface area contributed by atoms with E-state index in [2.05, 4.69) is 10.3 Å². The van der Waals surface area contributed by atoms with Gasteiger partial charge in [-0.15, -0.1) is 0 Å². The normalized spacial score (nSPS) is 16.8. The summed E-state index contributed by atoms with van der Waals surface area (Å²) >= 11 is 1.05. The number of amides is 2. The van der Waals surface area contributed by atoms with E-state index in [-0.39, 0.29) is 11.0 Å². The molecule has 1 aromatic heterocycles. The van der Waals surface area contributed by atoms with Gasteiger partial charge < -0.3 is 15.8 Å². The van der Waals surface area contributed by atoms with Gasteiger partial charge in [-0.25, -0.2) is 4.98 Å². The van der Waals surface area contributed by atoms with Gasteiger partial charge in [0.1, 0.15) is 5.92 Å². The highest BCUT2D eigenvalue weighted by molar-refractivity contribution is 7.16. The molecule has 137 valence electrons. The van der Waals surface area contributed by atoms with Crippen LogP contribution in [-0.2, 0) is 20.8 Å². The van der Waals surface area contributed by atoms with Gasteiger partial charge in [0, 0.05) is 32.8 Å². The Labute approximate surface area is 159 Å². The van der Waals surface area contributed by atoms with Crippen LogP contribution in [0.15, 0.2) is 30.3 Å². The lowest BCUT2D eigenvalue weighted by Gasteiger charge is -2.26. The number of hydrogen-bond donors (Lipinski definition) is 2. The minimum Gasteiger partial charge on any atom is -0.379 e. The van der Waals surface area contributed by atoms with Crippen molar-refractivity contribution >= 4 is 28.3 Å². The summed E-state index contributed by atoms with van der Waals surface area (Å²) in [6, 6.07) is 9.21. The molecule has 7 nitrogen and oxygen atoms in total. The summed E-state index contributed by atoms with van der Waals surface area (Å²) < 4.78 is 22.8.